The summed E-state index contributed by atoms with van der Waals surface area (Å²) in [5.74, 6) is 0. The van der Waals surface area contributed by atoms with Crippen LogP contribution in [0.1, 0.15) is 27.7 Å². The summed E-state index contributed by atoms with van der Waals surface area (Å²) in [6, 6.07) is 11.5. The Morgan fingerprint density at radius 3 is 2.72 bits per heavy atom. The van der Waals surface area contributed by atoms with Crippen molar-refractivity contribution in [2.45, 2.75) is 18.1 Å². The van der Waals surface area contributed by atoms with Crippen molar-refractivity contribution >= 4 is 50.0 Å². The van der Waals surface area contributed by atoms with Gasteiger partial charge in [-0.05, 0) is 69.5 Å². The summed E-state index contributed by atoms with van der Waals surface area (Å²) in [6.45, 7) is 7.80. The molecule has 3 aromatic rings. The minimum absolute atomic E-state index is 0.432. The maximum absolute atomic E-state index is 3.90. The Hall–Kier alpha value is -2.03. The zero-order chi connectivity index (χ0) is 17.0. The Morgan fingerprint density at radius 2 is 1.88 bits per heavy atom. The summed E-state index contributed by atoms with van der Waals surface area (Å²) in [6.07, 6.45) is 10.6. The van der Waals surface area contributed by atoms with Crippen molar-refractivity contribution in [3.8, 4) is 0 Å². The van der Waals surface area contributed by atoms with Crippen molar-refractivity contribution in [1.82, 2.24) is 0 Å². The molecule has 0 spiro atoms. The van der Waals surface area contributed by atoms with Crippen LogP contribution in [-0.2, 0) is 6.42 Å². The van der Waals surface area contributed by atoms with Crippen molar-refractivity contribution in [2.24, 2.45) is 0 Å². The normalized spacial score (nSPS) is 18.2. The van der Waals surface area contributed by atoms with Crippen molar-refractivity contribution in [2.75, 3.05) is 0 Å². The van der Waals surface area contributed by atoms with Crippen LogP contribution in [0.4, 0.5) is 0 Å². The lowest BCUT2D eigenvalue weighted by Crippen LogP contribution is -2.00. The first kappa shape index (κ1) is 15.2. The number of thiophene rings is 1. The lowest BCUT2D eigenvalue weighted by atomic mass is 9.87. The summed E-state index contributed by atoms with van der Waals surface area (Å²) in [7, 11) is 0. The van der Waals surface area contributed by atoms with E-state index in [2.05, 4.69) is 55.6 Å². The molecule has 25 heavy (non-hydrogen) atoms. The van der Waals surface area contributed by atoms with Crippen molar-refractivity contribution in [1.29, 1.82) is 0 Å². The van der Waals surface area contributed by atoms with Crippen LogP contribution < -0.4 is 0 Å². The van der Waals surface area contributed by atoms with Gasteiger partial charge in [-0.15, -0.1) is 36.3 Å². The molecule has 2 heterocycles. The Labute approximate surface area is 156 Å². The average Bonchev–Trinajstić information content (AvgIpc) is 3.19. The molecular formula is C23H18S2. The van der Waals surface area contributed by atoms with Gasteiger partial charge in [0.05, 0.1) is 5.25 Å². The van der Waals surface area contributed by atoms with E-state index in [1.807, 2.05) is 35.3 Å². The standard InChI is InChI=1S/C23H18S2/c1-3-6-16-11-15-10-14-8-5-9-18-19-12-17(7-4-2)24-21(19)13-20(22(14)18)23(15)25-16/h3-5,8-13,23H,1-2,6-7H2. The Morgan fingerprint density at radius 1 is 1.00 bits per heavy atom. The molecule has 122 valence electrons. The van der Waals surface area contributed by atoms with E-state index in [0.29, 0.717) is 5.25 Å². The van der Waals surface area contributed by atoms with Gasteiger partial charge in [-0.1, -0.05) is 30.4 Å². The molecule has 0 saturated heterocycles. The van der Waals surface area contributed by atoms with Gasteiger partial charge < -0.3 is 0 Å². The molecule has 1 unspecified atom stereocenters. The second kappa shape index (κ2) is 5.76. The van der Waals surface area contributed by atoms with E-state index in [4.69, 9.17) is 0 Å². The van der Waals surface area contributed by atoms with Gasteiger partial charge in [0.25, 0.3) is 0 Å². The summed E-state index contributed by atoms with van der Waals surface area (Å²) in [5.41, 5.74) is 4.26. The number of thioether (sulfide) groups is 1. The highest BCUT2D eigenvalue weighted by molar-refractivity contribution is 8.03. The second-order valence-corrected chi connectivity index (χ2v) is 9.00. The first-order valence-electron chi connectivity index (χ1n) is 8.57. The monoisotopic (exact) mass is 358 g/mol. The third-order valence-corrected chi connectivity index (χ3v) is 7.42. The molecule has 0 saturated carbocycles. The molecule has 5 rings (SSSR count). The molecule has 1 atom stereocenters. The molecule has 1 aliphatic heterocycles. The van der Waals surface area contributed by atoms with Gasteiger partial charge >= 0.3 is 0 Å². The topological polar surface area (TPSA) is 0 Å². The number of allylic oxidation sites excluding steroid dienone is 4. The number of fused-ring (bicyclic) bond motifs is 4. The second-order valence-electron chi connectivity index (χ2n) is 6.60. The molecule has 2 aromatic carbocycles. The van der Waals surface area contributed by atoms with Crippen molar-refractivity contribution in [3.63, 3.8) is 0 Å². The first-order chi connectivity index (χ1) is 12.3. The molecular weight excluding hydrogens is 340 g/mol. The van der Waals surface area contributed by atoms with E-state index in [1.165, 1.54) is 47.3 Å². The molecule has 2 aliphatic rings. The molecule has 0 nitrogen and oxygen atoms in total. The SMILES string of the molecule is C=CCC1=CC2=Cc3cccc4c3c(cc3sc(CC=C)cc34)C2S1. The van der Waals surface area contributed by atoms with Gasteiger partial charge in [-0.25, -0.2) is 0 Å². The molecule has 1 aliphatic carbocycles. The first-order valence-corrected chi connectivity index (χ1v) is 10.3. The Kier molecular flexibility index (Phi) is 3.51. The number of rotatable bonds is 4. The fourth-order valence-electron chi connectivity index (χ4n) is 3.98. The third kappa shape index (κ3) is 2.28. The highest BCUT2D eigenvalue weighted by Gasteiger charge is 2.30. The maximum atomic E-state index is 3.90. The maximum Gasteiger partial charge on any atom is 0.0598 e. The summed E-state index contributed by atoms with van der Waals surface area (Å²) >= 11 is 3.90. The van der Waals surface area contributed by atoms with E-state index >= 15 is 0 Å². The fourth-order valence-corrected chi connectivity index (χ4v) is 6.41. The van der Waals surface area contributed by atoms with Crippen LogP contribution in [-0.4, -0.2) is 0 Å². The van der Waals surface area contributed by atoms with Gasteiger partial charge in [-0.3, -0.25) is 0 Å². The van der Waals surface area contributed by atoms with Crippen LogP contribution in [0.2, 0.25) is 0 Å². The van der Waals surface area contributed by atoms with Crippen LogP contribution in [0.25, 0.3) is 26.9 Å². The molecule has 0 fully saturated rings. The van der Waals surface area contributed by atoms with Crippen molar-refractivity contribution in [3.05, 3.63) is 88.2 Å². The molecule has 0 amide bonds. The molecule has 1 aromatic heterocycles. The Balaban J connectivity index is 1.78. The van der Waals surface area contributed by atoms with Gasteiger partial charge in [0.1, 0.15) is 0 Å². The van der Waals surface area contributed by atoms with E-state index in [-0.39, 0.29) is 0 Å². The number of hydrogen-bond acceptors (Lipinski definition) is 2. The van der Waals surface area contributed by atoms with E-state index in [9.17, 15) is 0 Å². The van der Waals surface area contributed by atoms with Crippen LogP contribution in [0.5, 0.6) is 0 Å². The molecule has 0 radical (unpaired) electrons. The average molecular weight is 359 g/mol. The van der Waals surface area contributed by atoms with E-state index in [1.54, 1.807) is 0 Å². The smallest absolute Gasteiger partial charge is 0.0598 e. The summed E-state index contributed by atoms with van der Waals surface area (Å²) < 4.78 is 1.40. The van der Waals surface area contributed by atoms with E-state index in [0.717, 1.165) is 12.8 Å². The lowest BCUT2D eigenvalue weighted by Gasteiger charge is -2.22. The van der Waals surface area contributed by atoms with Gasteiger partial charge in [0.15, 0.2) is 0 Å². The van der Waals surface area contributed by atoms with Crippen LogP contribution in [0.3, 0.4) is 0 Å². The zero-order valence-electron chi connectivity index (χ0n) is 13.9. The zero-order valence-corrected chi connectivity index (χ0v) is 15.6. The number of benzene rings is 2. The predicted octanol–water partition coefficient (Wildman–Crippen LogP) is 7.43. The van der Waals surface area contributed by atoms with Crippen LogP contribution in [0.15, 0.2) is 72.2 Å². The van der Waals surface area contributed by atoms with Crippen LogP contribution >= 0.6 is 23.1 Å². The molecule has 2 heteroatoms. The van der Waals surface area contributed by atoms with Gasteiger partial charge in [0, 0.05) is 15.0 Å². The summed E-state index contributed by atoms with van der Waals surface area (Å²) in [5, 5.41) is 4.65. The fraction of sp³-hybridized carbons (Fsp3) is 0.130. The van der Waals surface area contributed by atoms with Crippen LogP contribution in [0, 0.1) is 0 Å². The minimum atomic E-state index is 0.432. The van der Waals surface area contributed by atoms with E-state index < -0.39 is 0 Å². The highest BCUT2D eigenvalue weighted by Crippen LogP contribution is 2.54. The van der Waals surface area contributed by atoms with Gasteiger partial charge in [0.2, 0.25) is 0 Å². The highest BCUT2D eigenvalue weighted by atomic mass is 32.2. The van der Waals surface area contributed by atoms with Gasteiger partial charge in [-0.2, -0.15) is 0 Å². The number of hydrogen-bond donors (Lipinski definition) is 0. The molecule has 0 bridgehead atoms. The molecule has 0 N–H and O–H groups in total. The Bertz CT molecular complexity index is 1110. The lowest BCUT2D eigenvalue weighted by molar-refractivity contribution is 1.20. The predicted molar refractivity (Wildman–Crippen MR) is 114 cm³/mol. The quantitative estimate of drug-likeness (QED) is 0.437. The third-order valence-electron chi connectivity index (χ3n) is 4.97. The summed E-state index contributed by atoms with van der Waals surface area (Å²) in [4.78, 5) is 2.82. The largest absolute Gasteiger partial charge is 0.140 e. The minimum Gasteiger partial charge on any atom is -0.140 e. The van der Waals surface area contributed by atoms with Crippen molar-refractivity contribution < 1.29 is 0 Å².